The molecule has 0 amide bonds. The number of benzene rings is 1. The Morgan fingerprint density at radius 1 is 1.32 bits per heavy atom. The Morgan fingerprint density at radius 2 is 2.05 bits per heavy atom. The molecule has 2 rings (SSSR count). The van der Waals surface area contributed by atoms with E-state index in [2.05, 4.69) is 5.43 Å². The van der Waals surface area contributed by atoms with E-state index in [-0.39, 0.29) is 11.9 Å². The summed E-state index contributed by atoms with van der Waals surface area (Å²) >= 11 is 1.98. The Hall–Kier alpha value is -0.650. The average molecular weight is 286 g/mol. The number of nitrogens with one attached hydrogen (secondary N) is 1. The minimum Gasteiger partial charge on any atom is -0.271 e. The molecule has 19 heavy (non-hydrogen) atoms. The van der Waals surface area contributed by atoms with Gasteiger partial charge in [-0.15, -0.1) is 0 Å². The highest BCUT2D eigenvalue weighted by atomic mass is 32.2. The van der Waals surface area contributed by atoms with Crippen molar-refractivity contribution in [3.8, 4) is 0 Å². The molecule has 1 aromatic rings. The van der Waals surface area contributed by atoms with Crippen LogP contribution in [0.3, 0.4) is 0 Å². The fourth-order valence-corrected chi connectivity index (χ4v) is 3.76. The number of hydrogen-bond acceptors (Lipinski definition) is 3. The predicted molar refractivity (Wildman–Crippen MR) is 75.8 cm³/mol. The van der Waals surface area contributed by atoms with Crippen LogP contribution in [0.1, 0.15) is 24.8 Å². The standard InChI is InChI=1S/C14H20F2N2S/c15-12-1-2-14(16)11(8-12)9-13(18-17)7-10-3-5-19-6-4-10/h1-2,8,10,13,18H,3-7,9,17H2. The lowest BCUT2D eigenvalue weighted by Gasteiger charge is -2.26. The second-order valence-corrected chi connectivity index (χ2v) is 6.32. The molecule has 106 valence electrons. The summed E-state index contributed by atoms with van der Waals surface area (Å²) in [6.45, 7) is 0. The molecule has 0 aliphatic carbocycles. The number of hydrazine groups is 1. The molecule has 1 atom stereocenters. The fourth-order valence-electron chi connectivity index (χ4n) is 2.56. The van der Waals surface area contributed by atoms with E-state index in [0.717, 1.165) is 12.5 Å². The second-order valence-electron chi connectivity index (χ2n) is 5.09. The molecule has 0 bridgehead atoms. The minimum absolute atomic E-state index is 0.00407. The summed E-state index contributed by atoms with van der Waals surface area (Å²) in [5, 5.41) is 0. The van der Waals surface area contributed by atoms with Crippen molar-refractivity contribution >= 4 is 11.8 Å². The van der Waals surface area contributed by atoms with Crippen LogP contribution in [-0.4, -0.2) is 17.5 Å². The lowest BCUT2D eigenvalue weighted by Crippen LogP contribution is -2.39. The van der Waals surface area contributed by atoms with Crippen LogP contribution < -0.4 is 11.3 Å². The van der Waals surface area contributed by atoms with Gasteiger partial charge in [-0.2, -0.15) is 11.8 Å². The maximum atomic E-state index is 13.6. The molecule has 0 spiro atoms. The topological polar surface area (TPSA) is 38.0 Å². The first kappa shape index (κ1) is 14.8. The van der Waals surface area contributed by atoms with Crippen molar-refractivity contribution in [3.05, 3.63) is 35.4 Å². The third-order valence-electron chi connectivity index (χ3n) is 3.67. The van der Waals surface area contributed by atoms with E-state index in [4.69, 9.17) is 5.84 Å². The molecular formula is C14H20F2N2S. The molecule has 1 aliphatic rings. The van der Waals surface area contributed by atoms with Crippen molar-refractivity contribution in [1.29, 1.82) is 0 Å². The van der Waals surface area contributed by atoms with Gasteiger partial charge in [0, 0.05) is 6.04 Å². The van der Waals surface area contributed by atoms with Crippen LogP contribution in [0.5, 0.6) is 0 Å². The first-order valence-electron chi connectivity index (χ1n) is 6.67. The van der Waals surface area contributed by atoms with Crippen LogP contribution in [-0.2, 0) is 6.42 Å². The van der Waals surface area contributed by atoms with Gasteiger partial charge >= 0.3 is 0 Å². The molecule has 1 aromatic carbocycles. The Balaban J connectivity index is 1.95. The third kappa shape index (κ3) is 4.44. The lowest BCUT2D eigenvalue weighted by molar-refractivity contribution is 0.363. The summed E-state index contributed by atoms with van der Waals surface area (Å²) in [5.41, 5.74) is 3.15. The van der Waals surface area contributed by atoms with Crippen LogP contribution in [0.25, 0.3) is 0 Å². The smallest absolute Gasteiger partial charge is 0.126 e. The van der Waals surface area contributed by atoms with Gasteiger partial charge in [-0.1, -0.05) is 0 Å². The summed E-state index contributed by atoms with van der Waals surface area (Å²) in [5.74, 6) is 7.81. The molecule has 1 saturated heterocycles. The predicted octanol–water partition coefficient (Wildman–Crippen LogP) is 2.87. The number of thioether (sulfide) groups is 1. The first-order chi connectivity index (χ1) is 9.19. The maximum Gasteiger partial charge on any atom is 0.126 e. The SMILES string of the molecule is NNC(Cc1cc(F)ccc1F)CC1CCSCC1. The van der Waals surface area contributed by atoms with Crippen LogP contribution in [0.4, 0.5) is 8.78 Å². The summed E-state index contributed by atoms with van der Waals surface area (Å²) in [6.07, 6.45) is 3.74. The Morgan fingerprint density at radius 3 is 2.74 bits per heavy atom. The number of rotatable bonds is 5. The molecule has 1 unspecified atom stereocenters. The van der Waals surface area contributed by atoms with Gasteiger partial charge in [-0.25, -0.2) is 8.78 Å². The van der Waals surface area contributed by atoms with E-state index < -0.39 is 5.82 Å². The monoisotopic (exact) mass is 286 g/mol. The van der Waals surface area contributed by atoms with Gasteiger partial charge in [0.1, 0.15) is 11.6 Å². The summed E-state index contributed by atoms with van der Waals surface area (Å²) in [7, 11) is 0. The molecule has 5 heteroatoms. The molecular weight excluding hydrogens is 266 g/mol. The highest BCUT2D eigenvalue weighted by molar-refractivity contribution is 7.99. The van der Waals surface area contributed by atoms with Crippen LogP contribution >= 0.6 is 11.8 Å². The minimum atomic E-state index is -0.402. The fraction of sp³-hybridized carbons (Fsp3) is 0.571. The second kappa shape index (κ2) is 7.22. The van der Waals surface area contributed by atoms with Crippen LogP contribution in [0.15, 0.2) is 18.2 Å². The molecule has 0 aromatic heterocycles. The molecule has 1 heterocycles. The van der Waals surface area contributed by atoms with E-state index in [9.17, 15) is 8.78 Å². The Bertz CT molecular complexity index is 408. The van der Waals surface area contributed by atoms with Crippen molar-refractivity contribution < 1.29 is 8.78 Å². The Labute approximate surface area is 117 Å². The van der Waals surface area contributed by atoms with Gasteiger partial charge in [-0.3, -0.25) is 11.3 Å². The Kier molecular flexibility index (Phi) is 5.60. The van der Waals surface area contributed by atoms with Gasteiger partial charge in [-0.05, 0) is 66.9 Å². The van der Waals surface area contributed by atoms with Gasteiger partial charge < -0.3 is 0 Å². The molecule has 0 saturated carbocycles. The van der Waals surface area contributed by atoms with Gasteiger partial charge in [0.2, 0.25) is 0 Å². The average Bonchev–Trinajstić information content (AvgIpc) is 2.43. The van der Waals surface area contributed by atoms with Crippen molar-refractivity contribution in [2.24, 2.45) is 11.8 Å². The van der Waals surface area contributed by atoms with Crippen molar-refractivity contribution in [2.75, 3.05) is 11.5 Å². The van der Waals surface area contributed by atoms with Crippen LogP contribution in [0.2, 0.25) is 0 Å². The molecule has 1 aliphatic heterocycles. The molecule has 2 nitrogen and oxygen atoms in total. The number of hydrogen-bond donors (Lipinski definition) is 2. The van der Waals surface area contributed by atoms with E-state index in [0.29, 0.717) is 17.9 Å². The molecule has 3 N–H and O–H groups in total. The summed E-state index contributed by atoms with van der Waals surface area (Å²) in [4.78, 5) is 0. The zero-order chi connectivity index (χ0) is 13.7. The molecule has 0 radical (unpaired) electrons. The third-order valence-corrected chi connectivity index (χ3v) is 4.72. The van der Waals surface area contributed by atoms with Gasteiger partial charge in [0.25, 0.3) is 0 Å². The van der Waals surface area contributed by atoms with E-state index >= 15 is 0 Å². The summed E-state index contributed by atoms with van der Waals surface area (Å²) in [6, 6.07) is 3.58. The van der Waals surface area contributed by atoms with Gasteiger partial charge in [0.05, 0.1) is 0 Å². The zero-order valence-electron chi connectivity index (χ0n) is 10.9. The van der Waals surface area contributed by atoms with Crippen molar-refractivity contribution in [1.82, 2.24) is 5.43 Å². The lowest BCUT2D eigenvalue weighted by atomic mass is 9.91. The van der Waals surface area contributed by atoms with Gasteiger partial charge in [0.15, 0.2) is 0 Å². The highest BCUT2D eigenvalue weighted by Crippen LogP contribution is 2.27. The van der Waals surface area contributed by atoms with E-state index in [1.54, 1.807) is 0 Å². The van der Waals surface area contributed by atoms with E-state index in [1.807, 2.05) is 11.8 Å². The molecule has 1 fully saturated rings. The van der Waals surface area contributed by atoms with E-state index in [1.165, 1.54) is 36.5 Å². The van der Waals surface area contributed by atoms with Crippen LogP contribution in [0, 0.1) is 17.6 Å². The summed E-state index contributed by atoms with van der Waals surface area (Å²) < 4.78 is 26.7. The van der Waals surface area contributed by atoms with Crippen molar-refractivity contribution in [3.63, 3.8) is 0 Å². The first-order valence-corrected chi connectivity index (χ1v) is 7.82. The quantitative estimate of drug-likeness (QED) is 0.645. The highest BCUT2D eigenvalue weighted by Gasteiger charge is 2.20. The largest absolute Gasteiger partial charge is 0.271 e. The normalized spacial score (nSPS) is 18.5. The maximum absolute atomic E-state index is 13.6. The number of nitrogens with two attached hydrogens (primary N) is 1. The number of halogens is 2. The van der Waals surface area contributed by atoms with Crippen molar-refractivity contribution in [2.45, 2.75) is 31.7 Å². The zero-order valence-corrected chi connectivity index (χ0v) is 11.7.